The van der Waals surface area contributed by atoms with Gasteiger partial charge in [-0.15, -0.1) is 0 Å². The van der Waals surface area contributed by atoms with Crippen molar-refractivity contribution in [3.05, 3.63) is 33.8 Å². The van der Waals surface area contributed by atoms with Crippen molar-refractivity contribution in [2.45, 2.75) is 26.3 Å². The normalized spacial score (nSPS) is 10.4. The number of benzene rings is 1. The van der Waals surface area contributed by atoms with Crippen LogP contribution in [-0.4, -0.2) is 19.0 Å². The molecule has 100 valence electrons. The Morgan fingerprint density at radius 1 is 1.28 bits per heavy atom. The average molecular weight is 289 g/mol. The lowest BCUT2D eigenvalue weighted by Crippen LogP contribution is -2.28. The molecular formula is C13H18Cl2N2O. The highest BCUT2D eigenvalue weighted by Gasteiger charge is 2.04. The molecule has 1 amide bonds. The second-order valence-corrected chi connectivity index (χ2v) is 4.77. The van der Waals surface area contributed by atoms with Crippen LogP contribution in [0.3, 0.4) is 0 Å². The molecule has 0 atom stereocenters. The fraction of sp³-hybridized carbons (Fsp3) is 0.462. The summed E-state index contributed by atoms with van der Waals surface area (Å²) in [6.07, 6.45) is 1.43. The topological polar surface area (TPSA) is 41.1 Å². The standard InChI is InChI=1S/C13H18Cl2N2O/c1-2-7-17-12(18)6-8-16-9-10-4-3-5-11(14)13(10)15/h3-5,16H,2,6-9H2,1H3,(H,17,18). The molecule has 0 saturated heterocycles. The highest BCUT2D eigenvalue weighted by atomic mass is 35.5. The molecule has 0 heterocycles. The zero-order chi connectivity index (χ0) is 13.4. The Morgan fingerprint density at radius 3 is 2.78 bits per heavy atom. The Morgan fingerprint density at radius 2 is 2.06 bits per heavy atom. The van der Waals surface area contributed by atoms with Gasteiger partial charge in [0, 0.05) is 26.1 Å². The van der Waals surface area contributed by atoms with Crippen molar-refractivity contribution >= 4 is 29.1 Å². The van der Waals surface area contributed by atoms with Crippen LogP contribution in [0.2, 0.25) is 10.0 Å². The monoisotopic (exact) mass is 288 g/mol. The molecule has 0 fully saturated rings. The zero-order valence-electron chi connectivity index (χ0n) is 10.4. The van der Waals surface area contributed by atoms with E-state index < -0.39 is 0 Å². The van der Waals surface area contributed by atoms with Crippen molar-refractivity contribution in [1.29, 1.82) is 0 Å². The third-order valence-electron chi connectivity index (χ3n) is 2.45. The Labute approximate surface area is 118 Å². The van der Waals surface area contributed by atoms with Gasteiger partial charge in [0.05, 0.1) is 10.0 Å². The van der Waals surface area contributed by atoms with E-state index in [1.54, 1.807) is 6.07 Å². The van der Waals surface area contributed by atoms with Gasteiger partial charge in [0.15, 0.2) is 0 Å². The van der Waals surface area contributed by atoms with Gasteiger partial charge in [-0.2, -0.15) is 0 Å². The van der Waals surface area contributed by atoms with Crippen molar-refractivity contribution in [2.24, 2.45) is 0 Å². The molecule has 0 radical (unpaired) electrons. The molecule has 3 nitrogen and oxygen atoms in total. The van der Waals surface area contributed by atoms with Gasteiger partial charge < -0.3 is 10.6 Å². The molecular weight excluding hydrogens is 271 g/mol. The van der Waals surface area contributed by atoms with Crippen molar-refractivity contribution in [3.63, 3.8) is 0 Å². The Hall–Kier alpha value is -0.770. The number of amides is 1. The first kappa shape index (κ1) is 15.3. The van der Waals surface area contributed by atoms with Gasteiger partial charge in [-0.3, -0.25) is 4.79 Å². The summed E-state index contributed by atoms with van der Waals surface area (Å²) in [6.45, 7) is 4.00. The van der Waals surface area contributed by atoms with Crippen LogP contribution < -0.4 is 10.6 Å². The van der Waals surface area contributed by atoms with Gasteiger partial charge in [-0.05, 0) is 18.1 Å². The van der Waals surface area contributed by atoms with Gasteiger partial charge >= 0.3 is 0 Å². The second kappa shape index (κ2) is 8.35. The lowest BCUT2D eigenvalue weighted by molar-refractivity contribution is -0.120. The first-order valence-electron chi connectivity index (χ1n) is 6.05. The quantitative estimate of drug-likeness (QED) is 0.758. The molecule has 1 aromatic carbocycles. The smallest absolute Gasteiger partial charge is 0.221 e. The lowest BCUT2D eigenvalue weighted by Gasteiger charge is -2.08. The molecule has 18 heavy (non-hydrogen) atoms. The molecule has 0 saturated carbocycles. The number of nitrogens with one attached hydrogen (secondary N) is 2. The molecule has 0 aromatic heterocycles. The van der Waals surface area contributed by atoms with E-state index in [9.17, 15) is 4.79 Å². The van der Waals surface area contributed by atoms with Gasteiger partial charge in [-0.25, -0.2) is 0 Å². The van der Waals surface area contributed by atoms with E-state index in [-0.39, 0.29) is 5.91 Å². The Kier molecular flexibility index (Phi) is 7.09. The van der Waals surface area contributed by atoms with E-state index in [1.807, 2.05) is 19.1 Å². The van der Waals surface area contributed by atoms with Crippen LogP contribution in [0.5, 0.6) is 0 Å². The van der Waals surface area contributed by atoms with Crippen molar-refractivity contribution in [3.8, 4) is 0 Å². The van der Waals surface area contributed by atoms with Gasteiger partial charge in [0.25, 0.3) is 0 Å². The minimum atomic E-state index is 0.0709. The maximum absolute atomic E-state index is 11.3. The van der Waals surface area contributed by atoms with Crippen LogP contribution >= 0.6 is 23.2 Å². The van der Waals surface area contributed by atoms with Crippen LogP contribution in [0.15, 0.2) is 18.2 Å². The molecule has 0 unspecified atom stereocenters. The van der Waals surface area contributed by atoms with E-state index in [0.717, 1.165) is 18.5 Å². The maximum Gasteiger partial charge on any atom is 0.221 e. The average Bonchev–Trinajstić information content (AvgIpc) is 2.37. The Bertz CT molecular complexity index is 397. The highest BCUT2D eigenvalue weighted by molar-refractivity contribution is 6.42. The number of carbonyl (C=O) groups excluding carboxylic acids is 1. The SMILES string of the molecule is CCCNC(=O)CCNCc1cccc(Cl)c1Cl. The number of halogens is 2. The molecule has 0 aliphatic heterocycles. The fourth-order valence-electron chi connectivity index (χ4n) is 1.46. The van der Waals surface area contributed by atoms with Crippen molar-refractivity contribution in [1.82, 2.24) is 10.6 Å². The molecule has 5 heteroatoms. The molecule has 1 aromatic rings. The third kappa shape index (κ3) is 5.25. The van der Waals surface area contributed by atoms with Crippen LogP contribution in [0.4, 0.5) is 0 Å². The van der Waals surface area contributed by atoms with Gasteiger partial charge in [0.1, 0.15) is 0 Å². The van der Waals surface area contributed by atoms with Gasteiger partial charge in [-0.1, -0.05) is 42.3 Å². The largest absolute Gasteiger partial charge is 0.356 e. The van der Waals surface area contributed by atoms with Crippen molar-refractivity contribution < 1.29 is 4.79 Å². The predicted molar refractivity (Wildman–Crippen MR) is 76.1 cm³/mol. The summed E-state index contributed by atoms with van der Waals surface area (Å²) >= 11 is 12.0. The first-order chi connectivity index (χ1) is 8.65. The van der Waals surface area contributed by atoms with E-state index in [1.165, 1.54) is 0 Å². The summed E-state index contributed by atoms with van der Waals surface area (Å²) in [5, 5.41) is 7.12. The second-order valence-electron chi connectivity index (χ2n) is 3.99. The van der Waals surface area contributed by atoms with Crippen LogP contribution in [-0.2, 0) is 11.3 Å². The minimum Gasteiger partial charge on any atom is -0.356 e. The number of hydrogen-bond acceptors (Lipinski definition) is 2. The van der Waals surface area contributed by atoms with E-state index >= 15 is 0 Å². The zero-order valence-corrected chi connectivity index (χ0v) is 11.9. The van der Waals surface area contributed by atoms with Crippen LogP contribution in [0.1, 0.15) is 25.3 Å². The summed E-state index contributed by atoms with van der Waals surface area (Å²) in [7, 11) is 0. The molecule has 1 rings (SSSR count). The number of hydrogen-bond donors (Lipinski definition) is 2. The minimum absolute atomic E-state index is 0.0709. The summed E-state index contributed by atoms with van der Waals surface area (Å²) in [5.41, 5.74) is 0.943. The summed E-state index contributed by atoms with van der Waals surface area (Å²) in [5.74, 6) is 0.0709. The molecule has 0 aliphatic carbocycles. The lowest BCUT2D eigenvalue weighted by atomic mass is 10.2. The fourth-order valence-corrected chi connectivity index (χ4v) is 1.85. The summed E-state index contributed by atoms with van der Waals surface area (Å²) in [6, 6.07) is 5.53. The summed E-state index contributed by atoms with van der Waals surface area (Å²) in [4.78, 5) is 11.3. The highest BCUT2D eigenvalue weighted by Crippen LogP contribution is 2.25. The molecule has 0 spiro atoms. The maximum atomic E-state index is 11.3. The van der Waals surface area contributed by atoms with Crippen molar-refractivity contribution in [2.75, 3.05) is 13.1 Å². The van der Waals surface area contributed by atoms with Crippen LogP contribution in [0, 0.1) is 0 Å². The molecule has 2 N–H and O–H groups in total. The van der Waals surface area contributed by atoms with Gasteiger partial charge in [0.2, 0.25) is 5.91 Å². The number of carbonyl (C=O) groups is 1. The number of rotatable bonds is 7. The molecule has 0 bridgehead atoms. The first-order valence-corrected chi connectivity index (χ1v) is 6.81. The molecule has 0 aliphatic rings. The van der Waals surface area contributed by atoms with E-state index in [4.69, 9.17) is 23.2 Å². The van der Waals surface area contributed by atoms with Crippen LogP contribution in [0.25, 0.3) is 0 Å². The van der Waals surface area contributed by atoms with E-state index in [2.05, 4.69) is 10.6 Å². The Balaban J connectivity index is 2.25. The van der Waals surface area contributed by atoms with E-state index in [0.29, 0.717) is 29.6 Å². The third-order valence-corrected chi connectivity index (χ3v) is 3.31. The summed E-state index contributed by atoms with van der Waals surface area (Å²) < 4.78 is 0. The predicted octanol–water partition coefficient (Wildman–Crippen LogP) is 3.00.